The van der Waals surface area contributed by atoms with Crippen LogP contribution >= 0.6 is 0 Å². The van der Waals surface area contributed by atoms with Crippen molar-refractivity contribution in [2.75, 3.05) is 6.61 Å². The molecule has 23 heavy (non-hydrogen) atoms. The van der Waals surface area contributed by atoms with Gasteiger partial charge in [0.05, 0.1) is 12.7 Å². The summed E-state index contributed by atoms with van der Waals surface area (Å²) in [5.74, 6) is 0.176. The highest BCUT2D eigenvalue weighted by molar-refractivity contribution is 5.30. The first-order chi connectivity index (χ1) is 11.2. The third-order valence-corrected chi connectivity index (χ3v) is 4.11. The van der Waals surface area contributed by atoms with Crippen molar-refractivity contribution in [1.29, 1.82) is 0 Å². The molecule has 0 spiro atoms. The van der Waals surface area contributed by atoms with E-state index in [9.17, 15) is 0 Å². The summed E-state index contributed by atoms with van der Waals surface area (Å²) in [5.41, 5.74) is 0. The van der Waals surface area contributed by atoms with Gasteiger partial charge in [-0.1, -0.05) is 77.2 Å². The monoisotopic (exact) mass is 322 g/mol. The van der Waals surface area contributed by atoms with E-state index in [-0.39, 0.29) is 11.5 Å². The molecular formula is C20H34O3. The molecule has 1 aromatic carbocycles. The van der Waals surface area contributed by atoms with Gasteiger partial charge in [0.15, 0.2) is 0 Å². The SMILES string of the molecule is CCCCCCCCCCCCC1CO1.Oc1cccc(O)c1. The fourth-order valence-corrected chi connectivity index (χ4v) is 2.59. The zero-order valence-corrected chi connectivity index (χ0v) is 14.7. The number of rotatable bonds is 11. The molecule has 3 heteroatoms. The predicted octanol–water partition coefficient (Wildman–Crippen LogP) is 5.79. The van der Waals surface area contributed by atoms with Gasteiger partial charge in [0.1, 0.15) is 11.5 Å². The van der Waals surface area contributed by atoms with Crippen LogP contribution in [0.3, 0.4) is 0 Å². The van der Waals surface area contributed by atoms with E-state index in [1.807, 2.05) is 0 Å². The van der Waals surface area contributed by atoms with Crippen molar-refractivity contribution in [2.45, 2.75) is 83.7 Å². The van der Waals surface area contributed by atoms with Crippen LogP contribution in [-0.4, -0.2) is 22.9 Å². The Labute approximate surface area is 141 Å². The van der Waals surface area contributed by atoms with Crippen molar-refractivity contribution in [3.63, 3.8) is 0 Å². The number of epoxide rings is 1. The van der Waals surface area contributed by atoms with Crippen molar-refractivity contribution in [1.82, 2.24) is 0 Å². The molecule has 1 atom stereocenters. The molecule has 2 N–H and O–H groups in total. The fraction of sp³-hybridized carbons (Fsp3) is 0.700. The lowest BCUT2D eigenvalue weighted by atomic mass is 10.1. The molecule has 1 unspecified atom stereocenters. The smallest absolute Gasteiger partial charge is 0.119 e. The minimum Gasteiger partial charge on any atom is -0.508 e. The van der Waals surface area contributed by atoms with Crippen molar-refractivity contribution in [3.05, 3.63) is 24.3 Å². The third-order valence-electron chi connectivity index (χ3n) is 4.11. The van der Waals surface area contributed by atoms with Gasteiger partial charge in [0.25, 0.3) is 0 Å². The standard InChI is InChI=1S/C14H28O.C6H6O2/c1-2-3-4-5-6-7-8-9-10-11-12-14-13-15-14;7-5-2-1-3-6(8)4-5/h14H,2-13H2,1H3;1-4,7-8H. The molecule has 1 heterocycles. The molecule has 3 nitrogen and oxygen atoms in total. The van der Waals surface area contributed by atoms with Crippen LogP contribution in [0.4, 0.5) is 0 Å². The van der Waals surface area contributed by atoms with E-state index in [1.165, 1.54) is 88.8 Å². The molecule has 0 aromatic heterocycles. The van der Waals surface area contributed by atoms with Crippen LogP contribution < -0.4 is 0 Å². The van der Waals surface area contributed by atoms with E-state index in [0.29, 0.717) is 6.10 Å². The second kappa shape index (κ2) is 13.2. The molecule has 0 saturated carbocycles. The molecule has 1 aromatic rings. The zero-order valence-electron chi connectivity index (χ0n) is 14.7. The van der Waals surface area contributed by atoms with Crippen molar-refractivity contribution in [2.24, 2.45) is 0 Å². The number of phenolic OH excluding ortho intramolecular Hbond substituents is 2. The van der Waals surface area contributed by atoms with Crippen molar-refractivity contribution < 1.29 is 14.9 Å². The fourth-order valence-electron chi connectivity index (χ4n) is 2.59. The number of unbranched alkanes of at least 4 members (excludes halogenated alkanes) is 9. The quantitative estimate of drug-likeness (QED) is 0.400. The lowest BCUT2D eigenvalue weighted by Crippen LogP contribution is -1.86. The van der Waals surface area contributed by atoms with E-state index >= 15 is 0 Å². The Balaban J connectivity index is 0.000000277. The van der Waals surface area contributed by atoms with E-state index in [2.05, 4.69) is 6.92 Å². The highest BCUT2D eigenvalue weighted by Gasteiger charge is 2.20. The molecule has 0 bridgehead atoms. The topological polar surface area (TPSA) is 53.0 Å². The lowest BCUT2D eigenvalue weighted by Gasteiger charge is -2.01. The molecule has 1 fully saturated rings. The average molecular weight is 322 g/mol. The van der Waals surface area contributed by atoms with Gasteiger partial charge < -0.3 is 14.9 Å². The van der Waals surface area contributed by atoms with Gasteiger partial charge >= 0.3 is 0 Å². The summed E-state index contributed by atoms with van der Waals surface area (Å²) < 4.78 is 5.19. The summed E-state index contributed by atoms with van der Waals surface area (Å²) >= 11 is 0. The van der Waals surface area contributed by atoms with Crippen LogP contribution in [0.15, 0.2) is 24.3 Å². The van der Waals surface area contributed by atoms with Gasteiger partial charge in [-0.05, 0) is 18.6 Å². The number of hydrogen-bond acceptors (Lipinski definition) is 3. The normalized spacial score (nSPS) is 15.8. The molecule has 0 amide bonds. The number of benzene rings is 1. The second-order valence-electron chi connectivity index (χ2n) is 6.45. The molecule has 1 aliphatic heterocycles. The van der Waals surface area contributed by atoms with Crippen LogP contribution in [-0.2, 0) is 4.74 Å². The first-order valence-electron chi connectivity index (χ1n) is 9.32. The predicted molar refractivity (Wildman–Crippen MR) is 96.0 cm³/mol. The maximum absolute atomic E-state index is 8.65. The average Bonchev–Trinajstić information content (AvgIpc) is 3.34. The Hall–Kier alpha value is -1.22. The highest BCUT2D eigenvalue weighted by atomic mass is 16.6. The third kappa shape index (κ3) is 13.0. The van der Waals surface area contributed by atoms with E-state index in [4.69, 9.17) is 14.9 Å². The van der Waals surface area contributed by atoms with Crippen LogP contribution in [0, 0.1) is 0 Å². The molecule has 0 aliphatic carbocycles. The molecule has 132 valence electrons. The summed E-state index contributed by atoms with van der Waals surface area (Å²) in [6, 6.07) is 5.85. The number of aromatic hydroxyl groups is 2. The number of ether oxygens (including phenoxy) is 1. The second-order valence-corrected chi connectivity index (χ2v) is 6.45. The van der Waals surface area contributed by atoms with Gasteiger partial charge in [0.2, 0.25) is 0 Å². The van der Waals surface area contributed by atoms with E-state index in [1.54, 1.807) is 6.07 Å². The maximum Gasteiger partial charge on any atom is 0.119 e. The minimum atomic E-state index is 0.0880. The van der Waals surface area contributed by atoms with Crippen LogP contribution in [0.5, 0.6) is 11.5 Å². The Bertz CT molecular complexity index is 371. The summed E-state index contributed by atoms with van der Waals surface area (Å²) in [6.45, 7) is 3.32. The lowest BCUT2D eigenvalue weighted by molar-refractivity contribution is 0.387. The molecular weight excluding hydrogens is 288 g/mol. The van der Waals surface area contributed by atoms with Gasteiger partial charge in [-0.3, -0.25) is 0 Å². The van der Waals surface area contributed by atoms with Gasteiger partial charge in [-0.2, -0.15) is 0 Å². The summed E-state index contributed by atoms with van der Waals surface area (Å²) in [6.07, 6.45) is 16.3. The summed E-state index contributed by atoms with van der Waals surface area (Å²) in [7, 11) is 0. The van der Waals surface area contributed by atoms with Crippen LogP contribution in [0.1, 0.15) is 77.6 Å². The Kier molecular flexibility index (Phi) is 11.4. The Morgan fingerprint density at radius 3 is 1.74 bits per heavy atom. The van der Waals surface area contributed by atoms with Gasteiger partial charge in [-0.25, -0.2) is 0 Å². The minimum absolute atomic E-state index is 0.0880. The van der Waals surface area contributed by atoms with Crippen molar-refractivity contribution >= 4 is 0 Å². The largest absolute Gasteiger partial charge is 0.508 e. The molecule has 0 radical (unpaired) electrons. The maximum atomic E-state index is 8.65. The first-order valence-corrected chi connectivity index (χ1v) is 9.32. The molecule has 1 saturated heterocycles. The summed E-state index contributed by atoms with van der Waals surface area (Å²) in [4.78, 5) is 0. The van der Waals surface area contributed by atoms with Crippen LogP contribution in [0.2, 0.25) is 0 Å². The summed E-state index contributed by atoms with van der Waals surface area (Å²) in [5, 5.41) is 17.3. The van der Waals surface area contributed by atoms with E-state index in [0.717, 1.165) is 6.61 Å². The van der Waals surface area contributed by atoms with Crippen molar-refractivity contribution in [3.8, 4) is 11.5 Å². The van der Waals surface area contributed by atoms with E-state index < -0.39 is 0 Å². The van der Waals surface area contributed by atoms with Gasteiger partial charge in [-0.15, -0.1) is 0 Å². The highest BCUT2D eigenvalue weighted by Crippen LogP contribution is 2.18. The Morgan fingerprint density at radius 2 is 1.35 bits per heavy atom. The van der Waals surface area contributed by atoms with Gasteiger partial charge in [0, 0.05) is 6.07 Å². The van der Waals surface area contributed by atoms with Crippen LogP contribution in [0.25, 0.3) is 0 Å². The first kappa shape index (κ1) is 19.8. The zero-order chi connectivity index (χ0) is 16.8. The molecule has 1 aliphatic rings. The number of phenols is 2. The number of hydrogen-bond donors (Lipinski definition) is 2. The Morgan fingerprint density at radius 1 is 0.870 bits per heavy atom. The molecule has 2 rings (SSSR count).